The van der Waals surface area contributed by atoms with Crippen LogP contribution in [0, 0.1) is 36.8 Å². The fourth-order valence-corrected chi connectivity index (χ4v) is 3.95. The monoisotopic (exact) mass is 406 g/mol. The van der Waals surface area contributed by atoms with Crippen LogP contribution in [0.15, 0.2) is 47.3 Å². The Morgan fingerprint density at radius 1 is 1.27 bits per heavy atom. The highest BCUT2D eigenvalue weighted by Crippen LogP contribution is 2.41. The quantitative estimate of drug-likeness (QED) is 0.649. The molecule has 0 spiro atoms. The maximum Gasteiger partial charge on any atom is 0.262 e. The molecule has 1 atom stereocenters. The first-order chi connectivity index (χ1) is 14.4. The van der Waals surface area contributed by atoms with E-state index in [0.29, 0.717) is 11.3 Å². The molecule has 3 aromatic rings. The number of pyridine rings is 1. The summed E-state index contributed by atoms with van der Waals surface area (Å²) in [5.74, 6) is 1.06. The van der Waals surface area contributed by atoms with Crippen molar-refractivity contribution in [2.24, 2.45) is 5.92 Å². The van der Waals surface area contributed by atoms with Crippen molar-refractivity contribution in [1.82, 2.24) is 9.88 Å². The van der Waals surface area contributed by atoms with Crippen LogP contribution in [0.2, 0.25) is 0 Å². The van der Waals surface area contributed by atoms with E-state index in [1.54, 1.807) is 25.1 Å². The van der Waals surface area contributed by atoms with Crippen molar-refractivity contribution in [1.29, 1.82) is 0 Å². The Hall–Kier alpha value is -3.46. The Balaban J connectivity index is 1.84. The minimum absolute atomic E-state index is 0.0782. The summed E-state index contributed by atoms with van der Waals surface area (Å²) in [7, 11) is 0. The molecule has 1 unspecified atom stereocenters. The van der Waals surface area contributed by atoms with Gasteiger partial charge in [0.05, 0.1) is 23.5 Å². The number of amides is 1. The van der Waals surface area contributed by atoms with Gasteiger partial charge in [-0.1, -0.05) is 30.2 Å². The third kappa shape index (κ3) is 3.48. The number of benzene rings is 2. The van der Waals surface area contributed by atoms with Crippen molar-refractivity contribution in [3.05, 3.63) is 81.3 Å². The number of carbonyl (C=O) groups is 1. The van der Waals surface area contributed by atoms with Gasteiger partial charge in [-0.05, 0) is 49.4 Å². The lowest BCUT2D eigenvalue weighted by Gasteiger charge is -2.21. The van der Waals surface area contributed by atoms with Gasteiger partial charge in [0.1, 0.15) is 11.6 Å². The minimum atomic E-state index is -0.707. The molecular formula is C24H20F2N2O2. The average Bonchev–Trinajstić information content (AvgIpc) is 3.54. The molecule has 0 bridgehead atoms. The Morgan fingerprint density at radius 2 is 2.00 bits per heavy atom. The highest BCUT2D eigenvalue weighted by atomic mass is 19.1. The van der Waals surface area contributed by atoms with Gasteiger partial charge in [0, 0.05) is 11.1 Å². The summed E-state index contributed by atoms with van der Waals surface area (Å²) in [4.78, 5) is 26.2. The summed E-state index contributed by atoms with van der Waals surface area (Å²) in [6, 6.07) is 9.97. The molecule has 1 aliphatic rings. The second-order valence-corrected chi connectivity index (χ2v) is 7.56. The highest BCUT2D eigenvalue weighted by Gasteiger charge is 2.34. The largest absolute Gasteiger partial charge is 0.345 e. The Bertz CT molecular complexity index is 1250. The van der Waals surface area contributed by atoms with E-state index in [-0.39, 0.29) is 40.7 Å². The Kier molecular flexibility index (Phi) is 5.13. The molecule has 6 heteroatoms. The zero-order valence-corrected chi connectivity index (χ0v) is 16.4. The summed E-state index contributed by atoms with van der Waals surface area (Å²) >= 11 is 0. The first kappa shape index (κ1) is 19.8. The van der Waals surface area contributed by atoms with Crippen LogP contribution in [0.5, 0.6) is 0 Å². The first-order valence-corrected chi connectivity index (χ1v) is 9.73. The van der Waals surface area contributed by atoms with Crippen LogP contribution in [0.1, 0.15) is 40.5 Å². The maximum atomic E-state index is 14.5. The van der Waals surface area contributed by atoms with E-state index >= 15 is 0 Å². The number of halogens is 2. The fraction of sp³-hybridized carbons (Fsp3) is 0.250. The molecule has 152 valence electrons. The van der Waals surface area contributed by atoms with E-state index in [1.165, 1.54) is 28.8 Å². The van der Waals surface area contributed by atoms with Gasteiger partial charge in [0.2, 0.25) is 0 Å². The Morgan fingerprint density at radius 3 is 2.67 bits per heavy atom. The lowest BCUT2D eigenvalue weighted by atomic mass is 9.99. The van der Waals surface area contributed by atoms with E-state index in [0.717, 1.165) is 12.8 Å². The number of rotatable bonds is 5. The van der Waals surface area contributed by atoms with Crippen molar-refractivity contribution >= 4 is 16.7 Å². The fourth-order valence-electron chi connectivity index (χ4n) is 3.95. The zero-order chi connectivity index (χ0) is 21.4. The van der Waals surface area contributed by atoms with Gasteiger partial charge < -0.3 is 5.32 Å². The van der Waals surface area contributed by atoms with Gasteiger partial charge in [0.25, 0.3) is 11.5 Å². The molecule has 1 heterocycles. The van der Waals surface area contributed by atoms with Gasteiger partial charge >= 0.3 is 0 Å². The van der Waals surface area contributed by atoms with Crippen molar-refractivity contribution < 1.29 is 13.6 Å². The van der Waals surface area contributed by atoms with Crippen molar-refractivity contribution in [2.75, 3.05) is 0 Å². The molecule has 1 aromatic heterocycles. The number of nitrogens with zero attached hydrogens (tertiary/aromatic N) is 1. The van der Waals surface area contributed by atoms with Crippen LogP contribution in [-0.4, -0.2) is 10.5 Å². The molecule has 30 heavy (non-hydrogen) atoms. The standard InChI is InChI=1S/C24H20F2N2O2/c1-3-12-28-14(2)20(18-8-5-9-19(26)21(18)24(28)30)23(29)27-22(15-10-11-15)16-6-4-7-17(25)13-16/h1,4-9,13,15,22H,10-12H2,2H3,(H,27,29). The topological polar surface area (TPSA) is 51.1 Å². The number of nitrogens with one attached hydrogen (secondary N) is 1. The number of fused-ring (bicyclic) bond motifs is 1. The van der Waals surface area contributed by atoms with Gasteiger partial charge in [-0.2, -0.15) is 0 Å². The third-order valence-electron chi connectivity index (χ3n) is 5.57. The predicted octanol–water partition coefficient (Wildman–Crippen LogP) is 4.10. The van der Waals surface area contributed by atoms with Crippen LogP contribution in [0.3, 0.4) is 0 Å². The van der Waals surface area contributed by atoms with Gasteiger partial charge in [-0.3, -0.25) is 14.2 Å². The van der Waals surface area contributed by atoms with Gasteiger partial charge in [-0.25, -0.2) is 8.78 Å². The molecule has 1 amide bonds. The highest BCUT2D eigenvalue weighted by molar-refractivity contribution is 6.08. The van der Waals surface area contributed by atoms with Crippen molar-refractivity contribution in [2.45, 2.75) is 32.4 Å². The lowest BCUT2D eigenvalue weighted by Crippen LogP contribution is -2.33. The zero-order valence-electron chi connectivity index (χ0n) is 16.4. The molecule has 2 aromatic carbocycles. The van der Waals surface area contributed by atoms with Crippen LogP contribution in [-0.2, 0) is 6.54 Å². The van der Waals surface area contributed by atoms with E-state index in [2.05, 4.69) is 11.2 Å². The van der Waals surface area contributed by atoms with Crippen molar-refractivity contribution in [3.63, 3.8) is 0 Å². The molecule has 1 N–H and O–H groups in total. The number of hydrogen-bond donors (Lipinski definition) is 1. The van der Waals surface area contributed by atoms with Crippen LogP contribution >= 0.6 is 0 Å². The average molecular weight is 406 g/mol. The minimum Gasteiger partial charge on any atom is -0.345 e. The van der Waals surface area contributed by atoms with Crippen LogP contribution in [0.4, 0.5) is 8.78 Å². The van der Waals surface area contributed by atoms with Crippen molar-refractivity contribution in [3.8, 4) is 12.3 Å². The van der Waals surface area contributed by atoms with Gasteiger partial charge in [-0.15, -0.1) is 6.42 Å². The van der Waals surface area contributed by atoms with E-state index in [1.807, 2.05) is 0 Å². The smallest absolute Gasteiger partial charge is 0.262 e. The summed E-state index contributed by atoms with van der Waals surface area (Å²) in [6.45, 7) is 1.54. The lowest BCUT2D eigenvalue weighted by molar-refractivity contribution is 0.0931. The molecular weight excluding hydrogens is 386 g/mol. The molecule has 4 nitrogen and oxygen atoms in total. The Labute approximate surface area is 172 Å². The molecule has 4 rings (SSSR count). The predicted molar refractivity (Wildman–Crippen MR) is 111 cm³/mol. The third-order valence-corrected chi connectivity index (χ3v) is 5.57. The second-order valence-electron chi connectivity index (χ2n) is 7.56. The number of carbonyl (C=O) groups excluding carboxylic acids is 1. The normalized spacial score (nSPS) is 14.3. The van der Waals surface area contributed by atoms with E-state index < -0.39 is 17.3 Å². The van der Waals surface area contributed by atoms with Gasteiger partial charge in [0.15, 0.2) is 0 Å². The molecule has 0 saturated heterocycles. The summed E-state index contributed by atoms with van der Waals surface area (Å²) in [6.07, 6.45) is 7.23. The van der Waals surface area contributed by atoms with Crippen LogP contribution in [0.25, 0.3) is 10.8 Å². The van der Waals surface area contributed by atoms with Crippen LogP contribution < -0.4 is 10.9 Å². The molecule has 1 saturated carbocycles. The number of hydrogen-bond acceptors (Lipinski definition) is 2. The molecule has 0 aliphatic heterocycles. The number of aromatic nitrogens is 1. The van der Waals surface area contributed by atoms with E-state index in [9.17, 15) is 18.4 Å². The SMILES string of the molecule is C#CCn1c(C)c(C(=O)NC(c2cccc(F)c2)C2CC2)c2cccc(F)c2c1=O. The molecule has 0 radical (unpaired) electrons. The maximum absolute atomic E-state index is 14.5. The number of terminal acetylenes is 1. The second kappa shape index (κ2) is 7.75. The summed E-state index contributed by atoms with van der Waals surface area (Å²) < 4.78 is 29.5. The summed E-state index contributed by atoms with van der Waals surface area (Å²) in [5.41, 5.74) is 0.665. The molecule has 1 aliphatic carbocycles. The van der Waals surface area contributed by atoms with E-state index in [4.69, 9.17) is 6.42 Å². The molecule has 1 fully saturated rings. The first-order valence-electron chi connectivity index (χ1n) is 9.73. The summed E-state index contributed by atoms with van der Waals surface area (Å²) in [5, 5.41) is 3.05.